The van der Waals surface area contributed by atoms with Gasteiger partial charge in [-0.15, -0.1) is 0 Å². The molecule has 0 saturated carbocycles. The summed E-state index contributed by atoms with van der Waals surface area (Å²) in [4.78, 5) is 14.8. The molecule has 1 heterocycles. The SMILES string of the molecule is Cc1ccccc1C(C)(C)CNC(=O)c1ccc(N2CC=CC2)cc1. The van der Waals surface area contributed by atoms with Crippen molar-refractivity contribution in [2.45, 2.75) is 26.2 Å². The van der Waals surface area contributed by atoms with E-state index in [4.69, 9.17) is 0 Å². The Kier molecular flexibility index (Phi) is 4.93. The van der Waals surface area contributed by atoms with Gasteiger partial charge in [0.25, 0.3) is 5.91 Å². The molecule has 0 fully saturated rings. The van der Waals surface area contributed by atoms with Gasteiger partial charge in [-0.05, 0) is 42.3 Å². The van der Waals surface area contributed by atoms with Gasteiger partial charge in [-0.25, -0.2) is 0 Å². The summed E-state index contributed by atoms with van der Waals surface area (Å²) in [5, 5.41) is 3.09. The van der Waals surface area contributed by atoms with E-state index in [-0.39, 0.29) is 11.3 Å². The Morgan fingerprint density at radius 2 is 1.68 bits per heavy atom. The zero-order valence-corrected chi connectivity index (χ0v) is 15.3. The Morgan fingerprint density at radius 3 is 2.32 bits per heavy atom. The van der Waals surface area contributed by atoms with E-state index in [9.17, 15) is 4.79 Å². The van der Waals surface area contributed by atoms with Gasteiger partial charge in [-0.2, -0.15) is 0 Å². The van der Waals surface area contributed by atoms with Gasteiger partial charge in [0.15, 0.2) is 0 Å². The lowest BCUT2D eigenvalue weighted by Gasteiger charge is -2.27. The van der Waals surface area contributed by atoms with Crippen molar-refractivity contribution in [2.75, 3.05) is 24.5 Å². The van der Waals surface area contributed by atoms with Crippen LogP contribution in [-0.4, -0.2) is 25.5 Å². The van der Waals surface area contributed by atoms with E-state index < -0.39 is 0 Å². The number of anilines is 1. The van der Waals surface area contributed by atoms with Gasteiger partial charge < -0.3 is 10.2 Å². The van der Waals surface area contributed by atoms with Crippen molar-refractivity contribution < 1.29 is 4.79 Å². The molecule has 2 aromatic carbocycles. The highest BCUT2D eigenvalue weighted by Gasteiger charge is 2.23. The van der Waals surface area contributed by atoms with Crippen molar-refractivity contribution in [3.8, 4) is 0 Å². The standard InChI is InChI=1S/C22H26N2O/c1-17-8-4-5-9-20(17)22(2,3)16-23-21(25)18-10-12-19(13-11-18)24-14-6-7-15-24/h4-13H,14-16H2,1-3H3,(H,23,25). The molecule has 130 valence electrons. The number of aryl methyl sites for hydroxylation is 1. The fraction of sp³-hybridized carbons (Fsp3) is 0.318. The molecule has 0 unspecified atom stereocenters. The molecule has 1 N–H and O–H groups in total. The molecule has 0 aliphatic carbocycles. The van der Waals surface area contributed by atoms with Crippen LogP contribution < -0.4 is 10.2 Å². The topological polar surface area (TPSA) is 32.3 Å². The first-order valence-corrected chi connectivity index (χ1v) is 8.82. The molecule has 3 nitrogen and oxygen atoms in total. The van der Waals surface area contributed by atoms with Crippen LogP contribution in [0.2, 0.25) is 0 Å². The monoisotopic (exact) mass is 334 g/mol. The third kappa shape index (κ3) is 3.93. The molecule has 3 heteroatoms. The van der Waals surface area contributed by atoms with E-state index in [2.05, 4.69) is 61.3 Å². The summed E-state index contributed by atoms with van der Waals surface area (Å²) >= 11 is 0. The first-order chi connectivity index (χ1) is 12.0. The Hall–Kier alpha value is -2.55. The predicted octanol–water partition coefficient (Wildman–Crippen LogP) is 4.08. The highest BCUT2D eigenvalue weighted by Crippen LogP contribution is 2.25. The molecule has 0 saturated heterocycles. The van der Waals surface area contributed by atoms with Gasteiger partial charge >= 0.3 is 0 Å². The van der Waals surface area contributed by atoms with Crippen LogP contribution in [0.4, 0.5) is 5.69 Å². The first-order valence-electron chi connectivity index (χ1n) is 8.82. The molecule has 0 atom stereocenters. The smallest absolute Gasteiger partial charge is 0.251 e. The van der Waals surface area contributed by atoms with Gasteiger partial charge in [-0.1, -0.05) is 50.3 Å². The Bertz CT molecular complexity index is 767. The van der Waals surface area contributed by atoms with Crippen LogP contribution in [0.3, 0.4) is 0 Å². The van der Waals surface area contributed by atoms with Crippen molar-refractivity contribution >= 4 is 11.6 Å². The second-order valence-electron chi connectivity index (χ2n) is 7.30. The number of benzene rings is 2. The summed E-state index contributed by atoms with van der Waals surface area (Å²) < 4.78 is 0. The molecule has 1 amide bonds. The summed E-state index contributed by atoms with van der Waals surface area (Å²) in [7, 11) is 0. The molecule has 25 heavy (non-hydrogen) atoms. The average molecular weight is 334 g/mol. The lowest BCUT2D eigenvalue weighted by atomic mass is 9.82. The molecular formula is C22H26N2O. The minimum Gasteiger partial charge on any atom is -0.364 e. The van der Waals surface area contributed by atoms with Crippen LogP contribution in [0.25, 0.3) is 0 Å². The van der Waals surface area contributed by atoms with Crippen molar-refractivity contribution in [3.05, 3.63) is 77.4 Å². The van der Waals surface area contributed by atoms with Crippen molar-refractivity contribution in [3.63, 3.8) is 0 Å². The molecule has 2 aromatic rings. The lowest BCUT2D eigenvalue weighted by Crippen LogP contribution is -2.37. The zero-order chi connectivity index (χ0) is 17.9. The maximum Gasteiger partial charge on any atom is 0.251 e. The van der Waals surface area contributed by atoms with E-state index >= 15 is 0 Å². The molecule has 0 bridgehead atoms. The summed E-state index contributed by atoms with van der Waals surface area (Å²) in [6.07, 6.45) is 4.32. The van der Waals surface area contributed by atoms with Gasteiger partial charge in [0.2, 0.25) is 0 Å². The normalized spacial score (nSPS) is 14.0. The molecule has 3 rings (SSSR count). The molecule has 0 aromatic heterocycles. The molecular weight excluding hydrogens is 308 g/mol. The Labute approximate surface area is 150 Å². The van der Waals surface area contributed by atoms with Crippen molar-refractivity contribution in [1.29, 1.82) is 0 Å². The van der Waals surface area contributed by atoms with Gasteiger partial charge in [0.1, 0.15) is 0 Å². The number of amides is 1. The maximum absolute atomic E-state index is 12.5. The third-order valence-electron chi connectivity index (χ3n) is 4.88. The van der Waals surface area contributed by atoms with E-state index in [1.807, 2.05) is 30.3 Å². The second kappa shape index (κ2) is 7.14. The highest BCUT2D eigenvalue weighted by atomic mass is 16.1. The fourth-order valence-electron chi connectivity index (χ4n) is 3.34. The Morgan fingerprint density at radius 1 is 1.04 bits per heavy atom. The van der Waals surface area contributed by atoms with E-state index in [0.29, 0.717) is 12.1 Å². The first kappa shape index (κ1) is 17.3. The van der Waals surface area contributed by atoms with Crippen LogP contribution >= 0.6 is 0 Å². The van der Waals surface area contributed by atoms with Crippen LogP contribution in [0.5, 0.6) is 0 Å². The van der Waals surface area contributed by atoms with Crippen molar-refractivity contribution in [2.24, 2.45) is 0 Å². The van der Waals surface area contributed by atoms with E-state index in [1.54, 1.807) is 0 Å². The average Bonchev–Trinajstić information content (AvgIpc) is 3.15. The number of hydrogen-bond acceptors (Lipinski definition) is 2. The van der Waals surface area contributed by atoms with Crippen molar-refractivity contribution in [1.82, 2.24) is 5.32 Å². The summed E-state index contributed by atoms with van der Waals surface area (Å²) in [6.45, 7) is 8.93. The quantitative estimate of drug-likeness (QED) is 0.836. The number of nitrogens with one attached hydrogen (secondary N) is 1. The summed E-state index contributed by atoms with van der Waals surface area (Å²) in [6, 6.07) is 16.2. The maximum atomic E-state index is 12.5. The molecule has 0 radical (unpaired) electrons. The van der Waals surface area contributed by atoms with Crippen LogP contribution in [0.1, 0.15) is 35.3 Å². The zero-order valence-electron chi connectivity index (χ0n) is 15.3. The molecule has 1 aliphatic rings. The number of carbonyl (C=O) groups excluding carboxylic acids is 1. The van der Waals surface area contributed by atoms with Gasteiger partial charge in [-0.3, -0.25) is 4.79 Å². The largest absolute Gasteiger partial charge is 0.364 e. The van der Waals surface area contributed by atoms with E-state index in [1.165, 1.54) is 11.1 Å². The Balaban J connectivity index is 1.63. The number of hydrogen-bond donors (Lipinski definition) is 1. The molecule has 1 aliphatic heterocycles. The third-order valence-corrected chi connectivity index (χ3v) is 4.88. The highest BCUT2D eigenvalue weighted by molar-refractivity contribution is 5.94. The van der Waals surface area contributed by atoms with E-state index in [0.717, 1.165) is 18.8 Å². The minimum absolute atomic E-state index is 0.0206. The summed E-state index contributed by atoms with van der Waals surface area (Å²) in [5.41, 5.74) is 4.28. The van der Waals surface area contributed by atoms with Gasteiger partial charge in [0.05, 0.1) is 0 Å². The minimum atomic E-state index is -0.109. The number of nitrogens with zero attached hydrogens (tertiary/aromatic N) is 1. The lowest BCUT2D eigenvalue weighted by molar-refractivity contribution is 0.0945. The van der Waals surface area contributed by atoms with Gasteiger partial charge in [0, 0.05) is 36.3 Å². The fourth-order valence-corrected chi connectivity index (χ4v) is 3.34. The van der Waals surface area contributed by atoms with Crippen LogP contribution in [-0.2, 0) is 5.41 Å². The molecule has 0 spiro atoms. The van der Waals surface area contributed by atoms with Crippen LogP contribution in [0.15, 0.2) is 60.7 Å². The second-order valence-corrected chi connectivity index (χ2v) is 7.30. The number of rotatable bonds is 5. The summed E-state index contributed by atoms with van der Waals surface area (Å²) in [5.74, 6) is -0.0206. The number of carbonyl (C=O) groups is 1. The van der Waals surface area contributed by atoms with Crippen LogP contribution in [0, 0.1) is 6.92 Å². The predicted molar refractivity (Wildman–Crippen MR) is 104 cm³/mol.